The zero-order valence-corrected chi connectivity index (χ0v) is 13.9. The number of hydrogen-bond donors (Lipinski definition) is 0. The molecule has 1 aromatic rings. The van der Waals surface area contributed by atoms with Gasteiger partial charge in [0.1, 0.15) is 5.82 Å². The highest BCUT2D eigenvalue weighted by atomic mass is 35.5. The summed E-state index contributed by atoms with van der Waals surface area (Å²) in [5.41, 5.74) is -0.00479. The van der Waals surface area contributed by atoms with Crippen molar-refractivity contribution < 1.29 is 9.18 Å². The molecule has 1 aliphatic rings. The van der Waals surface area contributed by atoms with Crippen LogP contribution in [0, 0.1) is 5.82 Å². The van der Waals surface area contributed by atoms with Crippen LogP contribution in [0.1, 0.15) is 16.8 Å². The van der Waals surface area contributed by atoms with Crippen molar-refractivity contribution in [2.75, 3.05) is 38.7 Å². The summed E-state index contributed by atoms with van der Waals surface area (Å²) >= 11 is 7.88. The maximum atomic E-state index is 14.0. The van der Waals surface area contributed by atoms with Crippen molar-refractivity contribution in [2.45, 2.75) is 12.5 Å². The molecular formula is C15H20ClFN2OS. The van der Waals surface area contributed by atoms with Crippen LogP contribution >= 0.6 is 23.4 Å². The van der Waals surface area contributed by atoms with Gasteiger partial charge in [-0.15, -0.1) is 0 Å². The van der Waals surface area contributed by atoms with E-state index in [-0.39, 0.29) is 22.5 Å². The summed E-state index contributed by atoms with van der Waals surface area (Å²) in [7, 11) is 3.96. The number of rotatable bonds is 3. The molecule has 0 bridgehead atoms. The first-order valence-electron chi connectivity index (χ1n) is 6.98. The number of nitrogens with zero attached hydrogens (tertiary/aromatic N) is 2. The topological polar surface area (TPSA) is 23.6 Å². The maximum absolute atomic E-state index is 14.0. The lowest BCUT2D eigenvalue weighted by Crippen LogP contribution is -2.47. The molecule has 0 saturated carbocycles. The molecule has 21 heavy (non-hydrogen) atoms. The largest absolute Gasteiger partial charge is 0.333 e. The van der Waals surface area contributed by atoms with Crippen molar-refractivity contribution in [3.05, 3.63) is 34.6 Å². The first-order valence-corrected chi connectivity index (χ1v) is 8.51. The number of benzene rings is 1. The van der Waals surface area contributed by atoms with Crippen molar-refractivity contribution in [1.29, 1.82) is 0 Å². The third kappa shape index (κ3) is 4.11. The molecule has 1 amide bonds. The number of thioether (sulfide) groups is 1. The molecular weight excluding hydrogens is 311 g/mol. The van der Waals surface area contributed by atoms with Crippen LogP contribution in [0.5, 0.6) is 0 Å². The van der Waals surface area contributed by atoms with E-state index in [1.807, 2.05) is 25.9 Å². The molecule has 0 radical (unpaired) electrons. The number of hydrogen-bond acceptors (Lipinski definition) is 3. The van der Waals surface area contributed by atoms with Gasteiger partial charge < -0.3 is 9.80 Å². The third-order valence-corrected chi connectivity index (χ3v) is 4.96. The Kier molecular flexibility index (Phi) is 5.90. The summed E-state index contributed by atoms with van der Waals surface area (Å²) in [6.07, 6.45) is 0.923. The van der Waals surface area contributed by atoms with Crippen LogP contribution in [0.4, 0.5) is 4.39 Å². The molecule has 1 saturated heterocycles. The van der Waals surface area contributed by atoms with Crippen molar-refractivity contribution in [2.24, 2.45) is 0 Å². The molecule has 0 aliphatic carbocycles. The minimum atomic E-state index is -0.548. The number of carbonyl (C=O) groups excluding carboxylic acids is 1. The van der Waals surface area contributed by atoms with Gasteiger partial charge in [0.15, 0.2) is 0 Å². The Hall–Kier alpha value is -0.780. The summed E-state index contributed by atoms with van der Waals surface area (Å²) < 4.78 is 14.0. The lowest BCUT2D eigenvalue weighted by Gasteiger charge is -2.32. The monoisotopic (exact) mass is 330 g/mol. The highest BCUT2D eigenvalue weighted by Gasteiger charge is 2.29. The van der Waals surface area contributed by atoms with Crippen LogP contribution < -0.4 is 0 Å². The second kappa shape index (κ2) is 7.47. The van der Waals surface area contributed by atoms with E-state index < -0.39 is 5.82 Å². The van der Waals surface area contributed by atoms with E-state index in [9.17, 15) is 9.18 Å². The number of likely N-dealkylation sites (N-methyl/N-ethyl adjacent to an activating group) is 1. The van der Waals surface area contributed by atoms with Gasteiger partial charge in [0.05, 0.1) is 16.6 Å². The van der Waals surface area contributed by atoms with E-state index in [4.69, 9.17) is 11.6 Å². The zero-order chi connectivity index (χ0) is 15.4. The smallest absolute Gasteiger partial charge is 0.258 e. The molecule has 0 spiro atoms. The Morgan fingerprint density at radius 3 is 2.95 bits per heavy atom. The molecule has 0 N–H and O–H groups in total. The Morgan fingerprint density at radius 2 is 2.29 bits per heavy atom. The summed E-state index contributed by atoms with van der Waals surface area (Å²) in [6.45, 7) is 1.42. The normalized spacial score (nSPS) is 19.7. The maximum Gasteiger partial charge on any atom is 0.258 e. The number of amides is 1. The lowest BCUT2D eigenvalue weighted by molar-refractivity contribution is 0.0671. The quantitative estimate of drug-likeness (QED) is 0.851. The Balaban J connectivity index is 2.29. The number of halogens is 2. The summed E-state index contributed by atoms with van der Waals surface area (Å²) in [4.78, 5) is 16.6. The van der Waals surface area contributed by atoms with Crippen molar-refractivity contribution in [1.82, 2.24) is 9.80 Å². The molecule has 1 atom stereocenters. The van der Waals surface area contributed by atoms with Gasteiger partial charge in [-0.05, 0) is 38.4 Å². The van der Waals surface area contributed by atoms with Gasteiger partial charge in [0, 0.05) is 18.8 Å². The minimum absolute atomic E-state index is 0.00479. The summed E-state index contributed by atoms with van der Waals surface area (Å²) in [5, 5.41) is 0.181. The van der Waals surface area contributed by atoms with Gasteiger partial charge in [0.25, 0.3) is 5.91 Å². The molecule has 0 aromatic heterocycles. The highest BCUT2D eigenvalue weighted by Crippen LogP contribution is 2.24. The predicted octanol–water partition coefficient (Wildman–Crippen LogP) is 2.99. The van der Waals surface area contributed by atoms with Crippen LogP contribution in [0.2, 0.25) is 5.02 Å². The molecule has 6 heteroatoms. The first kappa shape index (κ1) is 16.6. The standard InChI is InChI=1S/C15H20ClFN2OS/c1-18(2)9-11-10-21-8-4-7-19(11)15(20)14-12(16)5-3-6-13(14)17/h3,5-6,11H,4,7-10H2,1-2H3. The Bertz CT molecular complexity index is 492. The van der Waals surface area contributed by atoms with Crippen molar-refractivity contribution in [3.63, 3.8) is 0 Å². The fourth-order valence-corrected chi connectivity index (χ4v) is 3.82. The SMILES string of the molecule is CN(C)CC1CSCCCN1C(=O)c1c(F)cccc1Cl. The molecule has 1 fully saturated rings. The summed E-state index contributed by atoms with van der Waals surface area (Å²) in [6, 6.07) is 4.44. The average Bonchev–Trinajstić information content (AvgIpc) is 2.63. The van der Waals surface area contributed by atoms with Gasteiger partial charge in [0.2, 0.25) is 0 Å². The highest BCUT2D eigenvalue weighted by molar-refractivity contribution is 7.99. The lowest BCUT2D eigenvalue weighted by atomic mass is 10.1. The van der Waals surface area contributed by atoms with Crippen LogP contribution in [-0.2, 0) is 0 Å². The molecule has 116 valence electrons. The van der Waals surface area contributed by atoms with E-state index in [1.54, 1.807) is 11.0 Å². The molecule has 1 aromatic carbocycles. The third-order valence-electron chi connectivity index (χ3n) is 3.45. The van der Waals surface area contributed by atoms with E-state index in [0.29, 0.717) is 6.54 Å². The van der Waals surface area contributed by atoms with Crippen molar-refractivity contribution in [3.8, 4) is 0 Å². The Morgan fingerprint density at radius 1 is 1.52 bits per heavy atom. The van der Waals surface area contributed by atoms with Gasteiger partial charge in [-0.2, -0.15) is 11.8 Å². The number of carbonyl (C=O) groups is 1. The predicted molar refractivity (Wildman–Crippen MR) is 86.7 cm³/mol. The van der Waals surface area contributed by atoms with Crippen LogP contribution in [0.15, 0.2) is 18.2 Å². The van der Waals surface area contributed by atoms with Crippen LogP contribution in [-0.4, -0.2) is 60.4 Å². The molecule has 1 heterocycles. The summed E-state index contributed by atoms with van der Waals surface area (Å²) in [5.74, 6) is 1.05. The van der Waals surface area contributed by atoms with Gasteiger partial charge in [-0.25, -0.2) is 4.39 Å². The van der Waals surface area contributed by atoms with Gasteiger partial charge in [-0.1, -0.05) is 17.7 Å². The fraction of sp³-hybridized carbons (Fsp3) is 0.533. The molecule has 1 aliphatic heterocycles. The molecule has 1 unspecified atom stereocenters. The minimum Gasteiger partial charge on any atom is -0.333 e. The average molecular weight is 331 g/mol. The van der Waals surface area contributed by atoms with Crippen molar-refractivity contribution >= 4 is 29.3 Å². The van der Waals surface area contributed by atoms with Gasteiger partial charge >= 0.3 is 0 Å². The van der Waals surface area contributed by atoms with E-state index in [2.05, 4.69) is 4.90 Å². The second-order valence-corrected chi connectivity index (χ2v) is 7.00. The van der Waals surface area contributed by atoms with E-state index >= 15 is 0 Å². The fourth-order valence-electron chi connectivity index (χ4n) is 2.51. The van der Waals surface area contributed by atoms with Crippen LogP contribution in [0.25, 0.3) is 0 Å². The Labute approximate surface area is 134 Å². The first-order chi connectivity index (χ1) is 10.0. The van der Waals surface area contributed by atoms with Crippen LogP contribution in [0.3, 0.4) is 0 Å². The second-order valence-electron chi connectivity index (χ2n) is 5.44. The molecule has 3 nitrogen and oxygen atoms in total. The molecule has 2 rings (SSSR count). The van der Waals surface area contributed by atoms with Gasteiger partial charge in [-0.3, -0.25) is 4.79 Å². The zero-order valence-electron chi connectivity index (χ0n) is 12.3. The van der Waals surface area contributed by atoms with E-state index in [0.717, 1.165) is 24.5 Å². The van der Waals surface area contributed by atoms with E-state index in [1.165, 1.54) is 12.1 Å².